The number of allylic oxidation sites excluding steroid dienone is 2. The maximum atomic E-state index is 10.2. The Bertz CT molecular complexity index is 239. The van der Waals surface area contributed by atoms with Crippen LogP contribution in [-0.4, -0.2) is 5.97 Å². The second kappa shape index (κ2) is 19.7. The standard InChI is InChI=1S/C18H34O2.Ni/c1-2-3-4-5-6-7-8-9-10-11-12-13-14-15-16-17-18(19)20;/h9-10H,2-8,11-17H2,1H3,(H,19,20);/p-1/b10-9-;. The normalized spacial score (nSPS) is 10.7. The summed E-state index contributed by atoms with van der Waals surface area (Å²) in [7, 11) is 0. The molecule has 0 bridgehead atoms. The monoisotopic (exact) mass is 339 g/mol. The Hall–Kier alpha value is -0.296. The Labute approximate surface area is 141 Å². The molecule has 0 aliphatic heterocycles. The van der Waals surface area contributed by atoms with Gasteiger partial charge in [0, 0.05) is 22.5 Å². The topological polar surface area (TPSA) is 40.1 Å². The molecule has 0 N–H and O–H groups in total. The summed E-state index contributed by atoms with van der Waals surface area (Å²) in [6.45, 7) is 2.26. The van der Waals surface area contributed by atoms with E-state index in [1.165, 1.54) is 64.2 Å². The van der Waals surface area contributed by atoms with Crippen molar-refractivity contribution in [2.24, 2.45) is 0 Å². The van der Waals surface area contributed by atoms with Crippen molar-refractivity contribution in [3.05, 3.63) is 12.2 Å². The number of hydrogen-bond acceptors (Lipinski definition) is 2. The molecule has 0 spiro atoms. The number of rotatable bonds is 15. The van der Waals surface area contributed by atoms with Crippen LogP contribution in [0.15, 0.2) is 12.2 Å². The Balaban J connectivity index is 0. The maximum Gasteiger partial charge on any atom is 0.0414 e. The van der Waals surface area contributed by atoms with Crippen molar-refractivity contribution < 1.29 is 26.4 Å². The van der Waals surface area contributed by atoms with E-state index in [1.807, 2.05) is 0 Å². The number of unbranched alkanes of at least 4 members (excludes halogenated alkanes) is 11. The van der Waals surface area contributed by atoms with Crippen LogP contribution in [0.3, 0.4) is 0 Å². The van der Waals surface area contributed by atoms with Crippen LogP contribution in [-0.2, 0) is 21.3 Å². The van der Waals surface area contributed by atoms with E-state index in [4.69, 9.17) is 0 Å². The number of carbonyl (C=O) groups excluding carboxylic acids is 1. The van der Waals surface area contributed by atoms with Gasteiger partial charge in [-0.05, 0) is 38.5 Å². The molecular weight excluding hydrogens is 307 g/mol. The third-order valence-corrected chi connectivity index (χ3v) is 3.64. The number of carbonyl (C=O) groups is 1. The van der Waals surface area contributed by atoms with Crippen molar-refractivity contribution in [1.82, 2.24) is 0 Å². The zero-order chi connectivity index (χ0) is 14.9. The summed E-state index contributed by atoms with van der Waals surface area (Å²) < 4.78 is 0. The Morgan fingerprint density at radius 3 is 1.67 bits per heavy atom. The van der Waals surface area contributed by atoms with Gasteiger partial charge in [0.2, 0.25) is 0 Å². The summed E-state index contributed by atoms with van der Waals surface area (Å²) in [5, 5.41) is 10.2. The van der Waals surface area contributed by atoms with Gasteiger partial charge < -0.3 is 9.90 Å². The first kappa shape index (κ1) is 23.0. The molecular formula is C18H33NiO2-. The smallest absolute Gasteiger partial charge is 0.0414 e. The number of carboxylic acid groups (broad SMARTS) is 1. The van der Waals surface area contributed by atoms with Crippen molar-refractivity contribution >= 4 is 5.97 Å². The third-order valence-electron chi connectivity index (χ3n) is 3.64. The molecule has 3 heteroatoms. The fourth-order valence-corrected chi connectivity index (χ4v) is 2.34. The number of aliphatic carboxylic acids is 1. The molecule has 0 fully saturated rings. The van der Waals surface area contributed by atoms with Gasteiger partial charge in [0.05, 0.1) is 0 Å². The molecule has 0 amide bonds. The molecule has 0 aliphatic rings. The quantitative estimate of drug-likeness (QED) is 0.245. The van der Waals surface area contributed by atoms with Crippen molar-refractivity contribution in [2.75, 3.05) is 0 Å². The Morgan fingerprint density at radius 2 is 1.19 bits per heavy atom. The van der Waals surface area contributed by atoms with Gasteiger partial charge in [-0.15, -0.1) is 0 Å². The van der Waals surface area contributed by atoms with E-state index in [1.54, 1.807) is 0 Å². The van der Waals surface area contributed by atoms with Crippen molar-refractivity contribution in [3.8, 4) is 0 Å². The average Bonchev–Trinajstić information content (AvgIpc) is 2.43. The molecule has 0 saturated carbocycles. The van der Waals surface area contributed by atoms with Crippen LogP contribution in [0.1, 0.15) is 96.8 Å². The molecule has 0 radical (unpaired) electrons. The van der Waals surface area contributed by atoms with Crippen LogP contribution in [0.25, 0.3) is 0 Å². The summed E-state index contributed by atoms with van der Waals surface area (Å²) in [6, 6.07) is 0. The van der Waals surface area contributed by atoms with Crippen LogP contribution in [0, 0.1) is 0 Å². The summed E-state index contributed by atoms with van der Waals surface area (Å²) in [6.07, 6.45) is 20.9. The first-order chi connectivity index (χ1) is 9.77. The van der Waals surface area contributed by atoms with E-state index in [0.29, 0.717) is 0 Å². The van der Waals surface area contributed by atoms with Gasteiger partial charge >= 0.3 is 0 Å². The summed E-state index contributed by atoms with van der Waals surface area (Å²) in [5.41, 5.74) is 0. The second-order valence-electron chi connectivity index (χ2n) is 5.71. The predicted octanol–water partition coefficient (Wildman–Crippen LogP) is 4.77. The Morgan fingerprint density at radius 1 is 0.762 bits per heavy atom. The van der Waals surface area contributed by atoms with Gasteiger partial charge in [0.1, 0.15) is 0 Å². The number of carboxylic acids is 1. The molecule has 21 heavy (non-hydrogen) atoms. The summed E-state index contributed by atoms with van der Waals surface area (Å²) >= 11 is 0. The molecule has 0 aliphatic carbocycles. The summed E-state index contributed by atoms with van der Waals surface area (Å²) in [5.74, 6) is -0.914. The number of hydrogen-bond donors (Lipinski definition) is 0. The van der Waals surface area contributed by atoms with E-state index in [0.717, 1.165) is 19.3 Å². The van der Waals surface area contributed by atoms with Gasteiger partial charge in [-0.2, -0.15) is 0 Å². The maximum absolute atomic E-state index is 10.2. The molecule has 0 unspecified atom stereocenters. The van der Waals surface area contributed by atoms with Gasteiger partial charge in [-0.25, -0.2) is 0 Å². The minimum absolute atomic E-state index is 0. The molecule has 2 nitrogen and oxygen atoms in total. The van der Waals surface area contributed by atoms with Gasteiger partial charge in [-0.3, -0.25) is 0 Å². The third kappa shape index (κ3) is 22.1. The predicted molar refractivity (Wildman–Crippen MR) is 84.5 cm³/mol. The molecule has 0 aromatic carbocycles. The fourth-order valence-electron chi connectivity index (χ4n) is 2.34. The van der Waals surface area contributed by atoms with Crippen molar-refractivity contribution in [1.29, 1.82) is 0 Å². The SMILES string of the molecule is CCCCCCCC/C=C\CCCCCCCC(=O)[O-].[Ni]. The minimum atomic E-state index is -0.914. The van der Waals surface area contributed by atoms with E-state index in [9.17, 15) is 9.90 Å². The van der Waals surface area contributed by atoms with Gasteiger partial charge in [-0.1, -0.05) is 70.4 Å². The largest absolute Gasteiger partial charge is 0.550 e. The molecule has 0 aromatic rings. The molecule has 0 atom stereocenters. The average molecular weight is 340 g/mol. The van der Waals surface area contributed by atoms with Gasteiger partial charge in [0.25, 0.3) is 0 Å². The molecule has 128 valence electrons. The van der Waals surface area contributed by atoms with Crippen LogP contribution < -0.4 is 5.11 Å². The van der Waals surface area contributed by atoms with Crippen LogP contribution in [0.5, 0.6) is 0 Å². The van der Waals surface area contributed by atoms with Crippen LogP contribution >= 0.6 is 0 Å². The van der Waals surface area contributed by atoms with E-state index < -0.39 is 5.97 Å². The van der Waals surface area contributed by atoms with Crippen LogP contribution in [0.2, 0.25) is 0 Å². The zero-order valence-corrected chi connectivity index (χ0v) is 14.7. The van der Waals surface area contributed by atoms with E-state index >= 15 is 0 Å². The fraction of sp³-hybridized carbons (Fsp3) is 0.833. The van der Waals surface area contributed by atoms with E-state index in [2.05, 4.69) is 19.1 Å². The van der Waals surface area contributed by atoms with E-state index in [-0.39, 0.29) is 22.9 Å². The molecule has 0 saturated heterocycles. The summed E-state index contributed by atoms with van der Waals surface area (Å²) in [4.78, 5) is 10.2. The Kier molecular flexibility index (Phi) is 21.6. The second-order valence-corrected chi connectivity index (χ2v) is 5.71. The minimum Gasteiger partial charge on any atom is -0.550 e. The van der Waals surface area contributed by atoms with Gasteiger partial charge in [0.15, 0.2) is 0 Å². The van der Waals surface area contributed by atoms with Crippen molar-refractivity contribution in [3.63, 3.8) is 0 Å². The first-order valence-corrected chi connectivity index (χ1v) is 8.62. The molecule has 0 aromatic heterocycles. The van der Waals surface area contributed by atoms with Crippen LogP contribution in [0.4, 0.5) is 0 Å². The van der Waals surface area contributed by atoms with Crippen molar-refractivity contribution in [2.45, 2.75) is 96.8 Å². The first-order valence-electron chi connectivity index (χ1n) is 8.62. The zero-order valence-electron chi connectivity index (χ0n) is 13.7. The molecule has 0 heterocycles. The molecule has 0 rings (SSSR count).